The van der Waals surface area contributed by atoms with E-state index in [1.807, 2.05) is 30.3 Å². The van der Waals surface area contributed by atoms with E-state index in [9.17, 15) is 13.2 Å². The minimum absolute atomic E-state index is 0.0143. The Morgan fingerprint density at radius 2 is 1.69 bits per heavy atom. The van der Waals surface area contributed by atoms with Crippen molar-refractivity contribution in [3.63, 3.8) is 0 Å². The molecule has 8 heteroatoms. The number of methoxy groups -OCH3 is 1. The number of nitrogens with one attached hydrogen (secondary N) is 2. The number of hydrogen-bond acceptors (Lipinski definition) is 5. The highest BCUT2D eigenvalue weighted by Crippen LogP contribution is 2.25. The summed E-state index contributed by atoms with van der Waals surface area (Å²) in [7, 11) is -2.56. The van der Waals surface area contributed by atoms with Gasteiger partial charge in [-0.15, -0.1) is 0 Å². The van der Waals surface area contributed by atoms with Gasteiger partial charge in [-0.2, -0.15) is 4.72 Å². The maximum absolute atomic E-state index is 12.8. The first-order valence-corrected chi connectivity index (χ1v) is 11.5. The molecule has 1 amide bonds. The molecule has 0 bridgehead atoms. The summed E-state index contributed by atoms with van der Waals surface area (Å²) in [5.74, 6) is 0.382. The molecule has 32 heavy (non-hydrogen) atoms. The van der Waals surface area contributed by atoms with Gasteiger partial charge in [0.15, 0.2) is 0 Å². The van der Waals surface area contributed by atoms with Crippen LogP contribution in [0, 0.1) is 6.92 Å². The van der Waals surface area contributed by atoms with Crippen LogP contribution in [0.25, 0.3) is 0 Å². The fraction of sp³-hybridized carbons (Fsp3) is 0.208. The van der Waals surface area contributed by atoms with Gasteiger partial charge in [-0.1, -0.05) is 36.4 Å². The van der Waals surface area contributed by atoms with Gasteiger partial charge in [0.2, 0.25) is 15.9 Å². The maximum Gasteiger partial charge on any atom is 0.244 e. The van der Waals surface area contributed by atoms with E-state index in [0.717, 1.165) is 11.1 Å². The minimum Gasteiger partial charge on any atom is -0.495 e. The van der Waals surface area contributed by atoms with Gasteiger partial charge in [0.25, 0.3) is 0 Å². The molecule has 0 unspecified atom stereocenters. The van der Waals surface area contributed by atoms with Crippen molar-refractivity contribution in [3.05, 3.63) is 83.9 Å². The molecule has 1 atom stereocenters. The first-order chi connectivity index (χ1) is 15.3. The summed E-state index contributed by atoms with van der Waals surface area (Å²) < 4.78 is 38.8. The van der Waals surface area contributed by atoms with Gasteiger partial charge in [-0.05, 0) is 61.4 Å². The Hall–Kier alpha value is -3.36. The third kappa shape index (κ3) is 6.09. The zero-order valence-electron chi connectivity index (χ0n) is 18.2. The second-order valence-electron chi connectivity index (χ2n) is 7.29. The van der Waals surface area contributed by atoms with Crippen molar-refractivity contribution in [2.45, 2.75) is 31.4 Å². The Morgan fingerprint density at radius 1 is 1.00 bits per heavy atom. The molecule has 168 valence electrons. The number of sulfonamides is 1. The van der Waals surface area contributed by atoms with Gasteiger partial charge in [-0.25, -0.2) is 8.42 Å². The smallest absolute Gasteiger partial charge is 0.244 e. The molecule has 7 nitrogen and oxygen atoms in total. The fourth-order valence-electron chi connectivity index (χ4n) is 2.97. The third-order valence-corrected chi connectivity index (χ3v) is 6.27. The number of ether oxygens (including phenoxy) is 2. The van der Waals surface area contributed by atoms with Gasteiger partial charge in [-0.3, -0.25) is 4.79 Å². The van der Waals surface area contributed by atoms with Crippen LogP contribution in [-0.4, -0.2) is 27.5 Å². The molecule has 0 saturated carbocycles. The van der Waals surface area contributed by atoms with E-state index < -0.39 is 22.0 Å². The molecule has 0 aliphatic heterocycles. The molecular weight excluding hydrogens is 428 g/mol. The lowest BCUT2D eigenvalue weighted by molar-refractivity contribution is -0.117. The second kappa shape index (κ2) is 10.3. The van der Waals surface area contributed by atoms with Crippen LogP contribution in [0.3, 0.4) is 0 Å². The molecule has 0 aromatic heterocycles. The van der Waals surface area contributed by atoms with Crippen molar-refractivity contribution in [1.29, 1.82) is 0 Å². The predicted molar refractivity (Wildman–Crippen MR) is 123 cm³/mol. The predicted octanol–water partition coefficient (Wildman–Crippen LogP) is 3.89. The highest BCUT2D eigenvalue weighted by atomic mass is 32.2. The largest absolute Gasteiger partial charge is 0.495 e. The Bertz CT molecular complexity index is 1160. The SMILES string of the molecule is COc1ccc(C)cc1S(=O)(=O)N[C@@H](C)C(=O)Nc1ccc(OCc2ccccc2)cc1. The summed E-state index contributed by atoms with van der Waals surface area (Å²) in [6.45, 7) is 3.70. The second-order valence-corrected chi connectivity index (χ2v) is 8.97. The van der Waals surface area contributed by atoms with E-state index in [2.05, 4.69) is 10.0 Å². The summed E-state index contributed by atoms with van der Waals surface area (Å²) in [5, 5.41) is 2.70. The van der Waals surface area contributed by atoms with Crippen molar-refractivity contribution in [1.82, 2.24) is 4.72 Å². The van der Waals surface area contributed by atoms with Crippen LogP contribution >= 0.6 is 0 Å². The van der Waals surface area contributed by atoms with Crippen LogP contribution in [0.5, 0.6) is 11.5 Å². The monoisotopic (exact) mass is 454 g/mol. The average Bonchev–Trinajstić information content (AvgIpc) is 2.79. The lowest BCUT2D eigenvalue weighted by Crippen LogP contribution is -2.41. The summed E-state index contributed by atoms with van der Waals surface area (Å²) >= 11 is 0. The maximum atomic E-state index is 12.8. The first-order valence-electron chi connectivity index (χ1n) is 10.0. The number of aryl methyl sites for hydroxylation is 1. The summed E-state index contributed by atoms with van der Waals surface area (Å²) in [6, 6.07) is 20.5. The Labute approximate surface area is 188 Å². The quantitative estimate of drug-likeness (QED) is 0.512. The van der Waals surface area contributed by atoms with E-state index in [-0.39, 0.29) is 10.6 Å². The average molecular weight is 455 g/mol. The number of anilines is 1. The molecular formula is C24H26N2O5S. The normalized spacial score (nSPS) is 12.1. The molecule has 0 aliphatic carbocycles. The number of hydrogen-bond donors (Lipinski definition) is 2. The molecule has 0 spiro atoms. The molecule has 0 fully saturated rings. The Kier molecular flexibility index (Phi) is 7.50. The topological polar surface area (TPSA) is 93.7 Å². The molecule has 3 rings (SSSR count). The van der Waals surface area contributed by atoms with Gasteiger partial charge < -0.3 is 14.8 Å². The molecule has 3 aromatic rings. The molecule has 0 aliphatic rings. The fourth-order valence-corrected chi connectivity index (χ4v) is 4.43. The number of benzene rings is 3. The number of carbonyl (C=O) groups excluding carboxylic acids is 1. The Balaban J connectivity index is 1.60. The molecule has 0 saturated heterocycles. The van der Waals surface area contributed by atoms with E-state index >= 15 is 0 Å². The van der Waals surface area contributed by atoms with Gasteiger partial charge in [0, 0.05) is 5.69 Å². The van der Waals surface area contributed by atoms with E-state index in [4.69, 9.17) is 9.47 Å². The van der Waals surface area contributed by atoms with E-state index in [1.54, 1.807) is 43.3 Å². The zero-order chi connectivity index (χ0) is 23.1. The van der Waals surface area contributed by atoms with Crippen LogP contribution in [0.1, 0.15) is 18.1 Å². The number of carbonyl (C=O) groups is 1. The van der Waals surface area contributed by atoms with E-state index in [1.165, 1.54) is 20.1 Å². The minimum atomic E-state index is -3.96. The van der Waals surface area contributed by atoms with Gasteiger partial charge >= 0.3 is 0 Å². The summed E-state index contributed by atoms with van der Waals surface area (Å²) in [4.78, 5) is 12.5. The summed E-state index contributed by atoms with van der Waals surface area (Å²) in [6.07, 6.45) is 0. The van der Waals surface area contributed by atoms with Crippen molar-refractivity contribution in [2.24, 2.45) is 0 Å². The van der Waals surface area contributed by atoms with Crippen molar-refractivity contribution in [3.8, 4) is 11.5 Å². The Morgan fingerprint density at radius 3 is 2.34 bits per heavy atom. The highest BCUT2D eigenvalue weighted by molar-refractivity contribution is 7.89. The summed E-state index contributed by atoms with van der Waals surface area (Å²) in [5.41, 5.74) is 2.34. The van der Waals surface area contributed by atoms with Crippen LogP contribution in [0.2, 0.25) is 0 Å². The third-order valence-electron chi connectivity index (χ3n) is 4.70. The van der Waals surface area contributed by atoms with E-state index in [0.29, 0.717) is 18.0 Å². The highest BCUT2D eigenvalue weighted by Gasteiger charge is 2.25. The van der Waals surface area contributed by atoms with Gasteiger partial charge in [0.1, 0.15) is 23.0 Å². The van der Waals surface area contributed by atoms with Crippen molar-refractivity contribution in [2.75, 3.05) is 12.4 Å². The van der Waals surface area contributed by atoms with Crippen LogP contribution in [0.15, 0.2) is 77.7 Å². The lowest BCUT2D eigenvalue weighted by atomic mass is 10.2. The molecule has 0 heterocycles. The zero-order valence-corrected chi connectivity index (χ0v) is 19.0. The van der Waals surface area contributed by atoms with Crippen LogP contribution in [0.4, 0.5) is 5.69 Å². The molecule has 3 aromatic carbocycles. The van der Waals surface area contributed by atoms with Crippen molar-refractivity contribution < 1.29 is 22.7 Å². The molecule has 2 N–H and O–H groups in total. The van der Waals surface area contributed by atoms with Crippen LogP contribution < -0.4 is 19.5 Å². The lowest BCUT2D eigenvalue weighted by Gasteiger charge is -2.16. The number of rotatable bonds is 9. The van der Waals surface area contributed by atoms with Crippen LogP contribution in [-0.2, 0) is 21.4 Å². The standard InChI is InChI=1S/C24H26N2O5S/c1-17-9-14-22(30-3)23(15-17)32(28,29)26-18(2)24(27)25-20-10-12-21(13-11-20)31-16-19-7-5-4-6-8-19/h4-15,18,26H,16H2,1-3H3,(H,25,27)/t18-/m0/s1. The van der Waals surface area contributed by atoms with Gasteiger partial charge in [0.05, 0.1) is 13.2 Å². The first kappa shape index (κ1) is 23.3. The molecule has 0 radical (unpaired) electrons. The van der Waals surface area contributed by atoms with Crippen molar-refractivity contribution >= 4 is 21.6 Å². The number of amides is 1.